The van der Waals surface area contributed by atoms with Crippen molar-refractivity contribution < 1.29 is 0 Å². The lowest BCUT2D eigenvalue weighted by atomic mass is 10.4. The second kappa shape index (κ2) is 5.06. The molecule has 0 heterocycles. The Bertz CT molecular complexity index is 118. The molecular formula is C8H16N2. The SMILES string of the molecule is C=CC(N)N(/C=C\C)CC. The summed E-state index contributed by atoms with van der Waals surface area (Å²) in [5, 5.41) is 0. The largest absolute Gasteiger partial charge is 0.360 e. The van der Waals surface area contributed by atoms with Crippen LogP contribution >= 0.6 is 0 Å². The third-order valence-electron chi connectivity index (χ3n) is 1.33. The predicted molar refractivity (Wildman–Crippen MR) is 45.4 cm³/mol. The normalized spacial score (nSPS) is 13.5. The molecule has 1 unspecified atom stereocenters. The Hall–Kier alpha value is -0.760. The maximum atomic E-state index is 5.67. The summed E-state index contributed by atoms with van der Waals surface area (Å²) >= 11 is 0. The molecule has 0 aliphatic heterocycles. The molecule has 0 saturated heterocycles. The summed E-state index contributed by atoms with van der Waals surface area (Å²) in [5.41, 5.74) is 5.67. The predicted octanol–water partition coefficient (Wildman–Crippen LogP) is 1.31. The first-order valence-corrected chi connectivity index (χ1v) is 3.53. The number of rotatable bonds is 4. The van der Waals surface area contributed by atoms with Gasteiger partial charge in [-0.25, -0.2) is 0 Å². The van der Waals surface area contributed by atoms with Gasteiger partial charge in [-0.2, -0.15) is 0 Å². The maximum Gasteiger partial charge on any atom is 0.0953 e. The highest BCUT2D eigenvalue weighted by Gasteiger charge is 2.00. The summed E-state index contributed by atoms with van der Waals surface area (Å²) in [5.74, 6) is 0. The molecule has 0 aromatic heterocycles. The lowest BCUT2D eigenvalue weighted by Gasteiger charge is -2.22. The first-order valence-electron chi connectivity index (χ1n) is 3.53. The van der Waals surface area contributed by atoms with Gasteiger partial charge in [-0.15, -0.1) is 0 Å². The van der Waals surface area contributed by atoms with Crippen LogP contribution in [0.25, 0.3) is 0 Å². The van der Waals surface area contributed by atoms with Crippen LogP contribution in [0.3, 0.4) is 0 Å². The zero-order valence-corrected chi connectivity index (χ0v) is 6.75. The molecule has 0 spiro atoms. The van der Waals surface area contributed by atoms with E-state index in [1.54, 1.807) is 6.08 Å². The molecule has 2 heteroatoms. The molecule has 0 bridgehead atoms. The number of nitrogens with zero attached hydrogens (tertiary/aromatic N) is 1. The van der Waals surface area contributed by atoms with E-state index in [1.807, 2.05) is 24.1 Å². The van der Waals surface area contributed by atoms with Crippen LogP contribution in [0.4, 0.5) is 0 Å². The number of likely N-dealkylation sites (N-methyl/N-ethyl adjacent to an activating group) is 1. The summed E-state index contributed by atoms with van der Waals surface area (Å²) in [6.45, 7) is 8.55. The average Bonchev–Trinajstić information content (AvgIpc) is 1.99. The molecule has 1 atom stereocenters. The highest BCUT2D eigenvalue weighted by Crippen LogP contribution is 1.94. The molecule has 58 valence electrons. The van der Waals surface area contributed by atoms with Crippen LogP contribution in [0.15, 0.2) is 24.9 Å². The van der Waals surface area contributed by atoms with Gasteiger partial charge in [0.2, 0.25) is 0 Å². The van der Waals surface area contributed by atoms with Gasteiger partial charge < -0.3 is 10.6 Å². The van der Waals surface area contributed by atoms with Gasteiger partial charge in [0.15, 0.2) is 0 Å². The Morgan fingerprint density at radius 2 is 2.30 bits per heavy atom. The lowest BCUT2D eigenvalue weighted by molar-refractivity contribution is 0.342. The molecule has 0 fully saturated rings. The minimum Gasteiger partial charge on any atom is -0.360 e. The third-order valence-corrected chi connectivity index (χ3v) is 1.33. The Kier molecular flexibility index (Phi) is 4.67. The van der Waals surface area contributed by atoms with E-state index in [-0.39, 0.29) is 6.17 Å². The monoisotopic (exact) mass is 140 g/mol. The number of allylic oxidation sites excluding steroid dienone is 1. The zero-order chi connectivity index (χ0) is 7.98. The quantitative estimate of drug-likeness (QED) is 0.471. The van der Waals surface area contributed by atoms with Crippen molar-refractivity contribution in [2.45, 2.75) is 20.0 Å². The van der Waals surface area contributed by atoms with Gasteiger partial charge in [0.25, 0.3) is 0 Å². The first kappa shape index (κ1) is 9.24. The first-order chi connectivity index (χ1) is 4.76. The smallest absolute Gasteiger partial charge is 0.0953 e. The van der Waals surface area contributed by atoms with Crippen LogP contribution in [0.2, 0.25) is 0 Å². The summed E-state index contributed by atoms with van der Waals surface area (Å²) in [7, 11) is 0. The molecular weight excluding hydrogens is 124 g/mol. The van der Waals surface area contributed by atoms with E-state index in [1.165, 1.54) is 0 Å². The molecule has 0 aliphatic carbocycles. The minimum atomic E-state index is -0.0544. The fourth-order valence-corrected chi connectivity index (χ4v) is 0.742. The van der Waals surface area contributed by atoms with Gasteiger partial charge in [-0.3, -0.25) is 0 Å². The van der Waals surface area contributed by atoms with E-state index in [4.69, 9.17) is 5.73 Å². The van der Waals surface area contributed by atoms with Crippen molar-refractivity contribution >= 4 is 0 Å². The highest BCUT2D eigenvalue weighted by atomic mass is 15.2. The molecule has 0 aromatic rings. The third kappa shape index (κ3) is 2.69. The molecule has 0 amide bonds. The van der Waals surface area contributed by atoms with Gasteiger partial charge in [0.05, 0.1) is 6.17 Å². The number of hydrogen-bond acceptors (Lipinski definition) is 2. The zero-order valence-electron chi connectivity index (χ0n) is 6.75. The second-order valence-corrected chi connectivity index (χ2v) is 2.04. The summed E-state index contributed by atoms with van der Waals surface area (Å²) in [6.07, 6.45) is 5.60. The summed E-state index contributed by atoms with van der Waals surface area (Å²) in [4.78, 5) is 2.01. The molecule has 0 aromatic carbocycles. The topological polar surface area (TPSA) is 29.3 Å². The van der Waals surface area contributed by atoms with Crippen LogP contribution < -0.4 is 5.73 Å². The van der Waals surface area contributed by atoms with Crippen LogP contribution in [0.1, 0.15) is 13.8 Å². The van der Waals surface area contributed by atoms with E-state index in [9.17, 15) is 0 Å². The molecule has 0 rings (SSSR count). The Morgan fingerprint density at radius 1 is 1.70 bits per heavy atom. The highest BCUT2D eigenvalue weighted by molar-refractivity contribution is 4.89. The Balaban J connectivity index is 3.91. The molecule has 2 N–H and O–H groups in total. The van der Waals surface area contributed by atoms with Crippen molar-refractivity contribution in [2.75, 3.05) is 6.54 Å². The summed E-state index contributed by atoms with van der Waals surface area (Å²) in [6, 6.07) is 0. The Morgan fingerprint density at radius 3 is 2.60 bits per heavy atom. The van der Waals surface area contributed by atoms with Gasteiger partial charge in [0, 0.05) is 6.54 Å². The fourth-order valence-electron chi connectivity index (χ4n) is 0.742. The van der Waals surface area contributed by atoms with E-state index in [0.29, 0.717) is 0 Å². The van der Waals surface area contributed by atoms with E-state index in [2.05, 4.69) is 13.5 Å². The Labute approximate surface area is 63.0 Å². The molecule has 0 aliphatic rings. The van der Waals surface area contributed by atoms with Crippen LogP contribution in [-0.2, 0) is 0 Å². The second-order valence-electron chi connectivity index (χ2n) is 2.04. The summed E-state index contributed by atoms with van der Waals surface area (Å²) < 4.78 is 0. The van der Waals surface area contributed by atoms with Gasteiger partial charge in [-0.1, -0.05) is 18.7 Å². The average molecular weight is 140 g/mol. The minimum absolute atomic E-state index is 0.0544. The van der Waals surface area contributed by atoms with Gasteiger partial charge in [0.1, 0.15) is 0 Å². The van der Waals surface area contributed by atoms with E-state index < -0.39 is 0 Å². The molecule has 10 heavy (non-hydrogen) atoms. The maximum absolute atomic E-state index is 5.67. The fraction of sp³-hybridized carbons (Fsp3) is 0.500. The standard InChI is InChI=1S/C8H16N2/c1-4-7-10(6-3)8(9)5-2/h4-5,7-8H,2,6,9H2,1,3H3/b7-4-. The van der Waals surface area contributed by atoms with Crippen molar-refractivity contribution in [1.29, 1.82) is 0 Å². The van der Waals surface area contributed by atoms with Crippen molar-refractivity contribution in [3.63, 3.8) is 0 Å². The van der Waals surface area contributed by atoms with Crippen LogP contribution in [-0.4, -0.2) is 17.6 Å². The van der Waals surface area contributed by atoms with Crippen molar-refractivity contribution in [2.24, 2.45) is 5.73 Å². The van der Waals surface area contributed by atoms with Gasteiger partial charge in [-0.05, 0) is 20.0 Å². The van der Waals surface area contributed by atoms with E-state index in [0.717, 1.165) is 6.54 Å². The molecule has 0 radical (unpaired) electrons. The van der Waals surface area contributed by atoms with E-state index >= 15 is 0 Å². The number of hydrogen-bond donors (Lipinski definition) is 1. The number of nitrogens with two attached hydrogens (primary N) is 1. The van der Waals surface area contributed by atoms with Gasteiger partial charge >= 0.3 is 0 Å². The molecule has 2 nitrogen and oxygen atoms in total. The van der Waals surface area contributed by atoms with Crippen LogP contribution in [0, 0.1) is 0 Å². The lowest BCUT2D eigenvalue weighted by Crippen LogP contribution is -2.36. The van der Waals surface area contributed by atoms with Crippen molar-refractivity contribution in [3.8, 4) is 0 Å². The van der Waals surface area contributed by atoms with Crippen LogP contribution in [0.5, 0.6) is 0 Å². The van der Waals surface area contributed by atoms with Crippen molar-refractivity contribution in [1.82, 2.24) is 4.90 Å². The van der Waals surface area contributed by atoms with Crippen molar-refractivity contribution in [3.05, 3.63) is 24.9 Å². The molecule has 0 saturated carbocycles.